The Kier molecular flexibility index (Phi) is 8.84. The summed E-state index contributed by atoms with van der Waals surface area (Å²) >= 11 is 0. The number of hydrogen-bond acceptors (Lipinski definition) is 2. The van der Waals surface area contributed by atoms with Crippen LogP contribution in [-0.4, -0.2) is 44.1 Å². The molecule has 0 spiro atoms. The largest absolute Gasteiger partial charge is 0.355 e. The first kappa shape index (κ1) is 21.0. The van der Waals surface area contributed by atoms with E-state index < -0.39 is 11.6 Å². The zero-order valence-corrected chi connectivity index (χ0v) is 16.0. The van der Waals surface area contributed by atoms with Crippen LogP contribution in [0.25, 0.3) is 0 Å². The Bertz CT molecular complexity index is 504. The molecular weight excluding hydrogens is 401 g/mol. The first-order valence-electron chi connectivity index (χ1n) is 6.82. The fourth-order valence-corrected chi connectivity index (χ4v) is 1.54. The van der Waals surface area contributed by atoms with Crippen molar-refractivity contribution in [2.24, 2.45) is 4.99 Å². The van der Waals surface area contributed by atoms with Gasteiger partial charge in [-0.15, -0.1) is 24.0 Å². The Labute approximate surface area is 148 Å². The predicted octanol–water partition coefficient (Wildman–Crippen LogP) is 2.59. The molecule has 126 valence electrons. The van der Waals surface area contributed by atoms with Crippen molar-refractivity contribution in [2.45, 2.75) is 25.9 Å². The summed E-state index contributed by atoms with van der Waals surface area (Å²) in [6.07, 6.45) is 0. The van der Waals surface area contributed by atoms with Gasteiger partial charge in [0.15, 0.2) is 5.96 Å². The van der Waals surface area contributed by atoms with Gasteiger partial charge in [0.25, 0.3) is 0 Å². The second-order valence-electron chi connectivity index (χ2n) is 5.72. The van der Waals surface area contributed by atoms with Gasteiger partial charge in [0, 0.05) is 31.2 Å². The standard InChI is InChI=1S/C15H24F2N4.HI/c1-15(2,21(4)5)10-20-14(18-3)19-9-11-8-12(16)6-7-13(11)17;/h6-8H,9-10H2,1-5H3,(H2,18,19,20);1H. The van der Waals surface area contributed by atoms with Crippen LogP contribution in [0.3, 0.4) is 0 Å². The summed E-state index contributed by atoms with van der Waals surface area (Å²) < 4.78 is 26.6. The highest BCUT2D eigenvalue weighted by atomic mass is 127. The van der Waals surface area contributed by atoms with Gasteiger partial charge in [0.2, 0.25) is 0 Å². The minimum absolute atomic E-state index is 0. The number of aliphatic imine (C=N–C) groups is 1. The Morgan fingerprint density at radius 2 is 1.86 bits per heavy atom. The Morgan fingerprint density at radius 1 is 1.23 bits per heavy atom. The van der Waals surface area contributed by atoms with Crippen molar-refractivity contribution in [1.82, 2.24) is 15.5 Å². The molecule has 0 aliphatic carbocycles. The first-order valence-corrected chi connectivity index (χ1v) is 6.82. The van der Waals surface area contributed by atoms with Gasteiger partial charge in [0.1, 0.15) is 11.6 Å². The van der Waals surface area contributed by atoms with Gasteiger partial charge >= 0.3 is 0 Å². The maximum absolute atomic E-state index is 13.5. The Hall–Kier alpha value is -0.960. The van der Waals surface area contributed by atoms with Crippen LogP contribution >= 0.6 is 24.0 Å². The van der Waals surface area contributed by atoms with Crippen LogP contribution < -0.4 is 10.6 Å². The fraction of sp³-hybridized carbons (Fsp3) is 0.533. The lowest BCUT2D eigenvalue weighted by Crippen LogP contribution is -2.50. The molecule has 0 aliphatic heterocycles. The smallest absolute Gasteiger partial charge is 0.191 e. The first-order chi connectivity index (χ1) is 9.76. The zero-order chi connectivity index (χ0) is 16.0. The number of guanidine groups is 1. The van der Waals surface area contributed by atoms with E-state index >= 15 is 0 Å². The molecule has 1 aromatic rings. The summed E-state index contributed by atoms with van der Waals surface area (Å²) in [5.74, 6) is -0.341. The molecule has 0 bridgehead atoms. The van der Waals surface area contributed by atoms with E-state index in [9.17, 15) is 8.78 Å². The second kappa shape index (κ2) is 9.24. The van der Waals surface area contributed by atoms with Crippen molar-refractivity contribution in [3.8, 4) is 0 Å². The molecule has 2 N–H and O–H groups in total. The van der Waals surface area contributed by atoms with Crippen LogP contribution in [0.1, 0.15) is 19.4 Å². The highest BCUT2D eigenvalue weighted by molar-refractivity contribution is 14.0. The third-order valence-electron chi connectivity index (χ3n) is 3.58. The van der Waals surface area contributed by atoms with E-state index in [4.69, 9.17) is 0 Å². The molecule has 0 saturated carbocycles. The third kappa shape index (κ3) is 6.43. The van der Waals surface area contributed by atoms with Crippen molar-refractivity contribution >= 4 is 29.9 Å². The van der Waals surface area contributed by atoms with Crippen LogP contribution in [0.4, 0.5) is 8.78 Å². The lowest BCUT2D eigenvalue weighted by Gasteiger charge is -2.33. The van der Waals surface area contributed by atoms with E-state index in [0.717, 1.165) is 12.1 Å². The summed E-state index contributed by atoms with van der Waals surface area (Å²) in [5.41, 5.74) is 0.215. The molecular formula is C15H25F2IN4. The van der Waals surface area contributed by atoms with E-state index in [-0.39, 0.29) is 41.6 Å². The normalized spacial score (nSPS) is 12.1. The summed E-state index contributed by atoms with van der Waals surface area (Å²) in [4.78, 5) is 6.17. The molecule has 0 saturated heterocycles. The maximum Gasteiger partial charge on any atom is 0.191 e. The lowest BCUT2D eigenvalue weighted by molar-refractivity contribution is 0.197. The van der Waals surface area contributed by atoms with Crippen LogP contribution in [-0.2, 0) is 6.54 Å². The SMILES string of the molecule is CN=C(NCc1cc(F)ccc1F)NCC(C)(C)N(C)C.I. The highest BCUT2D eigenvalue weighted by Gasteiger charge is 2.20. The number of likely N-dealkylation sites (N-methyl/N-ethyl adjacent to an activating group) is 1. The molecule has 0 aliphatic rings. The van der Waals surface area contributed by atoms with Crippen molar-refractivity contribution in [3.05, 3.63) is 35.4 Å². The summed E-state index contributed by atoms with van der Waals surface area (Å²) in [5, 5.41) is 6.16. The number of hydrogen-bond donors (Lipinski definition) is 2. The van der Waals surface area contributed by atoms with Crippen LogP contribution in [0, 0.1) is 11.6 Å². The molecule has 0 unspecified atom stereocenters. The van der Waals surface area contributed by atoms with Crippen molar-refractivity contribution < 1.29 is 8.78 Å². The fourth-order valence-electron chi connectivity index (χ4n) is 1.54. The molecule has 4 nitrogen and oxygen atoms in total. The average Bonchev–Trinajstić information content (AvgIpc) is 2.42. The monoisotopic (exact) mass is 426 g/mol. The van der Waals surface area contributed by atoms with Crippen molar-refractivity contribution in [2.75, 3.05) is 27.7 Å². The Balaban J connectivity index is 0.00000441. The van der Waals surface area contributed by atoms with Gasteiger partial charge in [-0.05, 0) is 46.1 Å². The molecule has 0 amide bonds. The van der Waals surface area contributed by atoms with E-state index in [2.05, 4.69) is 34.4 Å². The van der Waals surface area contributed by atoms with E-state index in [1.165, 1.54) is 6.07 Å². The quantitative estimate of drug-likeness (QED) is 0.432. The van der Waals surface area contributed by atoms with E-state index in [0.29, 0.717) is 12.5 Å². The van der Waals surface area contributed by atoms with Crippen LogP contribution in [0.2, 0.25) is 0 Å². The molecule has 1 aromatic carbocycles. The summed E-state index contributed by atoms with van der Waals surface area (Å²) in [6.45, 7) is 5.04. The lowest BCUT2D eigenvalue weighted by atomic mass is 10.0. The van der Waals surface area contributed by atoms with E-state index in [1.54, 1.807) is 7.05 Å². The number of nitrogens with one attached hydrogen (secondary N) is 2. The minimum Gasteiger partial charge on any atom is -0.355 e. The molecule has 7 heteroatoms. The van der Waals surface area contributed by atoms with Crippen LogP contribution in [0.15, 0.2) is 23.2 Å². The molecule has 22 heavy (non-hydrogen) atoms. The number of rotatable bonds is 5. The van der Waals surface area contributed by atoms with Gasteiger partial charge < -0.3 is 15.5 Å². The summed E-state index contributed by atoms with van der Waals surface area (Å²) in [7, 11) is 5.64. The highest BCUT2D eigenvalue weighted by Crippen LogP contribution is 2.09. The maximum atomic E-state index is 13.5. The average molecular weight is 426 g/mol. The minimum atomic E-state index is -0.454. The molecule has 0 fully saturated rings. The number of benzene rings is 1. The molecule has 0 radical (unpaired) electrons. The predicted molar refractivity (Wildman–Crippen MR) is 97.7 cm³/mol. The number of nitrogens with zero attached hydrogens (tertiary/aromatic N) is 2. The topological polar surface area (TPSA) is 39.7 Å². The van der Waals surface area contributed by atoms with Crippen molar-refractivity contribution in [1.29, 1.82) is 0 Å². The molecule has 0 atom stereocenters. The van der Waals surface area contributed by atoms with Gasteiger partial charge in [-0.25, -0.2) is 8.78 Å². The Morgan fingerprint density at radius 3 is 2.41 bits per heavy atom. The second-order valence-corrected chi connectivity index (χ2v) is 5.72. The summed E-state index contributed by atoms with van der Waals surface area (Å²) in [6, 6.07) is 3.41. The molecule has 0 aromatic heterocycles. The van der Waals surface area contributed by atoms with Gasteiger partial charge in [0.05, 0.1) is 0 Å². The van der Waals surface area contributed by atoms with Crippen molar-refractivity contribution in [3.63, 3.8) is 0 Å². The third-order valence-corrected chi connectivity index (χ3v) is 3.58. The van der Waals surface area contributed by atoms with E-state index in [1.807, 2.05) is 14.1 Å². The molecule has 0 heterocycles. The van der Waals surface area contributed by atoms with Gasteiger partial charge in [-0.3, -0.25) is 4.99 Å². The number of halogens is 3. The van der Waals surface area contributed by atoms with Crippen LogP contribution in [0.5, 0.6) is 0 Å². The zero-order valence-electron chi connectivity index (χ0n) is 13.7. The molecule has 1 rings (SSSR count). The van der Waals surface area contributed by atoms with Gasteiger partial charge in [-0.2, -0.15) is 0 Å². The van der Waals surface area contributed by atoms with Gasteiger partial charge in [-0.1, -0.05) is 0 Å².